The molecule has 94 valence electrons. The Bertz CT molecular complexity index is 336. The Balaban J connectivity index is 1.78. The second-order valence-corrected chi connectivity index (χ2v) is 4.62. The van der Waals surface area contributed by atoms with Gasteiger partial charge in [0.25, 0.3) is 0 Å². The number of aromatic nitrogens is 2. The molecule has 5 nitrogen and oxygen atoms in total. The van der Waals surface area contributed by atoms with Crippen molar-refractivity contribution < 1.29 is 0 Å². The van der Waals surface area contributed by atoms with Gasteiger partial charge in [0, 0.05) is 12.2 Å². The van der Waals surface area contributed by atoms with E-state index in [1.807, 2.05) is 6.07 Å². The maximum absolute atomic E-state index is 5.88. The van der Waals surface area contributed by atoms with Crippen molar-refractivity contribution in [2.24, 2.45) is 10.7 Å². The van der Waals surface area contributed by atoms with Crippen LogP contribution in [0, 0.1) is 0 Å². The standard InChI is InChI=1S/C12H21N5/c13-12(14-9-11-7-8-15-17-11)16-10-5-3-1-2-4-6-10/h7-8,10H,1-6,9H2,(H,15,17)(H3,13,14,16). The molecule has 1 aliphatic carbocycles. The fourth-order valence-corrected chi connectivity index (χ4v) is 2.22. The minimum atomic E-state index is 0.503. The van der Waals surface area contributed by atoms with Gasteiger partial charge in [-0.1, -0.05) is 25.7 Å². The number of nitrogens with one attached hydrogen (secondary N) is 2. The molecule has 0 spiro atoms. The van der Waals surface area contributed by atoms with Crippen molar-refractivity contribution in [1.82, 2.24) is 15.5 Å². The fourth-order valence-electron chi connectivity index (χ4n) is 2.22. The van der Waals surface area contributed by atoms with Crippen molar-refractivity contribution in [2.45, 2.75) is 51.1 Å². The van der Waals surface area contributed by atoms with E-state index in [-0.39, 0.29) is 0 Å². The Labute approximate surface area is 102 Å². The van der Waals surface area contributed by atoms with E-state index >= 15 is 0 Å². The van der Waals surface area contributed by atoms with Crippen LogP contribution in [0.2, 0.25) is 0 Å². The van der Waals surface area contributed by atoms with Crippen LogP contribution in [0.15, 0.2) is 17.3 Å². The molecule has 0 aliphatic heterocycles. The van der Waals surface area contributed by atoms with Gasteiger partial charge in [0.05, 0.1) is 12.2 Å². The van der Waals surface area contributed by atoms with Gasteiger partial charge in [0.1, 0.15) is 0 Å². The number of guanidine groups is 1. The van der Waals surface area contributed by atoms with Crippen LogP contribution in [-0.4, -0.2) is 22.2 Å². The molecule has 1 aromatic rings. The molecule has 0 amide bonds. The lowest BCUT2D eigenvalue weighted by molar-refractivity contribution is 0.530. The lowest BCUT2D eigenvalue weighted by Gasteiger charge is -2.16. The normalized spacial score (nSPS) is 18.9. The topological polar surface area (TPSA) is 79.1 Å². The minimum absolute atomic E-state index is 0.503. The summed E-state index contributed by atoms with van der Waals surface area (Å²) in [5.74, 6) is 0.548. The maximum atomic E-state index is 5.88. The van der Waals surface area contributed by atoms with E-state index in [4.69, 9.17) is 5.73 Å². The zero-order valence-corrected chi connectivity index (χ0v) is 10.2. The van der Waals surface area contributed by atoms with Crippen LogP contribution in [0.4, 0.5) is 0 Å². The van der Waals surface area contributed by atoms with E-state index in [1.54, 1.807) is 6.20 Å². The van der Waals surface area contributed by atoms with Gasteiger partial charge in [-0.3, -0.25) is 5.10 Å². The summed E-state index contributed by atoms with van der Waals surface area (Å²) >= 11 is 0. The Hall–Kier alpha value is -1.52. The minimum Gasteiger partial charge on any atom is -0.370 e. The Morgan fingerprint density at radius 1 is 1.41 bits per heavy atom. The number of hydrogen-bond acceptors (Lipinski definition) is 2. The molecule has 5 heteroatoms. The van der Waals surface area contributed by atoms with Gasteiger partial charge >= 0.3 is 0 Å². The molecule has 17 heavy (non-hydrogen) atoms. The lowest BCUT2D eigenvalue weighted by Crippen LogP contribution is -2.39. The number of nitrogens with two attached hydrogens (primary N) is 1. The maximum Gasteiger partial charge on any atom is 0.189 e. The van der Waals surface area contributed by atoms with E-state index in [1.165, 1.54) is 38.5 Å². The zero-order chi connectivity index (χ0) is 11.9. The van der Waals surface area contributed by atoms with Gasteiger partial charge in [0.2, 0.25) is 0 Å². The Morgan fingerprint density at radius 3 is 2.82 bits per heavy atom. The van der Waals surface area contributed by atoms with E-state index in [9.17, 15) is 0 Å². The van der Waals surface area contributed by atoms with Crippen molar-refractivity contribution in [2.75, 3.05) is 0 Å². The van der Waals surface area contributed by atoms with E-state index in [0.29, 0.717) is 18.5 Å². The first-order chi connectivity index (χ1) is 8.34. The second-order valence-electron chi connectivity index (χ2n) is 4.62. The third-order valence-electron chi connectivity index (χ3n) is 3.19. The molecule has 0 unspecified atom stereocenters. The summed E-state index contributed by atoms with van der Waals surface area (Å²) in [5.41, 5.74) is 6.86. The molecule has 1 heterocycles. The van der Waals surface area contributed by atoms with Crippen LogP contribution in [0.5, 0.6) is 0 Å². The van der Waals surface area contributed by atoms with Crippen LogP contribution in [0.1, 0.15) is 44.2 Å². The van der Waals surface area contributed by atoms with Crippen molar-refractivity contribution in [1.29, 1.82) is 0 Å². The first-order valence-corrected chi connectivity index (χ1v) is 6.39. The van der Waals surface area contributed by atoms with Crippen molar-refractivity contribution in [3.63, 3.8) is 0 Å². The number of rotatable bonds is 3. The van der Waals surface area contributed by atoms with Crippen LogP contribution in [0.3, 0.4) is 0 Å². The molecule has 1 aromatic heterocycles. The van der Waals surface area contributed by atoms with Crippen LogP contribution in [-0.2, 0) is 6.54 Å². The van der Waals surface area contributed by atoms with Gasteiger partial charge in [-0.2, -0.15) is 5.10 Å². The van der Waals surface area contributed by atoms with Gasteiger partial charge in [-0.05, 0) is 18.9 Å². The SMILES string of the molecule is NC(=NCc1ccn[nH]1)NC1CCCCCC1. The number of H-pyrrole nitrogens is 1. The van der Waals surface area contributed by atoms with Gasteiger partial charge in [-0.15, -0.1) is 0 Å². The van der Waals surface area contributed by atoms with Crippen LogP contribution in [0.25, 0.3) is 0 Å². The summed E-state index contributed by atoms with van der Waals surface area (Å²) < 4.78 is 0. The summed E-state index contributed by atoms with van der Waals surface area (Å²) in [6.45, 7) is 0.561. The summed E-state index contributed by atoms with van der Waals surface area (Å²) in [4.78, 5) is 4.30. The molecular weight excluding hydrogens is 214 g/mol. The monoisotopic (exact) mass is 235 g/mol. The van der Waals surface area contributed by atoms with Crippen molar-refractivity contribution in [3.05, 3.63) is 18.0 Å². The van der Waals surface area contributed by atoms with Crippen molar-refractivity contribution in [3.8, 4) is 0 Å². The van der Waals surface area contributed by atoms with E-state index in [0.717, 1.165) is 5.69 Å². The predicted octanol–water partition coefficient (Wildman–Crippen LogP) is 1.54. The summed E-state index contributed by atoms with van der Waals surface area (Å²) in [6, 6.07) is 2.41. The van der Waals surface area contributed by atoms with E-state index < -0.39 is 0 Å². The molecule has 2 rings (SSSR count). The second kappa shape index (κ2) is 6.27. The van der Waals surface area contributed by atoms with Gasteiger partial charge in [-0.25, -0.2) is 4.99 Å². The summed E-state index contributed by atoms with van der Waals surface area (Å²) in [7, 11) is 0. The number of aromatic amines is 1. The first-order valence-electron chi connectivity index (χ1n) is 6.39. The lowest BCUT2D eigenvalue weighted by atomic mass is 10.1. The largest absolute Gasteiger partial charge is 0.370 e. The molecular formula is C12H21N5. The molecule has 4 N–H and O–H groups in total. The summed E-state index contributed by atoms with van der Waals surface area (Å²) in [6.07, 6.45) is 9.43. The molecule has 0 bridgehead atoms. The number of nitrogens with zero attached hydrogens (tertiary/aromatic N) is 2. The van der Waals surface area contributed by atoms with Crippen molar-refractivity contribution >= 4 is 5.96 Å². The highest BCUT2D eigenvalue weighted by Gasteiger charge is 2.12. The molecule has 1 saturated carbocycles. The highest BCUT2D eigenvalue weighted by molar-refractivity contribution is 5.78. The quantitative estimate of drug-likeness (QED) is 0.422. The molecule has 0 saturated heterocycles. The van der Waals surface area contributed by atoms with Gasteiger partial charge < -0.3 is 11.1 Å². The Kier molecular flexibility index (Phi) is 4.41. The third kappa shape index (κ3) is 4.09. The number of aliphatic imine (C=N–C) groups is 1. The predicted molar refractivity (Wildman–Crippen MR) is 68.5 cm³/mol. The molecule has 1 fully saturated rings. The molecule has 0 radical (unpaired) electrons. The third-order valence-corrected chi connectivity index (χ3v) is 3.19. The van der Waals surface area contributed by atoms with E-state index in [2.05, 4.69) is 20.5 Å². The van der Waals surface area contributed by atoms with Crippen LogP contribution < -0.4 is 11.1 Å². The summed E-state index contributed by atoms with van der Waals surface area (Å²) in [5, 5.41) is 10.1. The first kappa shape index (κ1) is 12.0. The molecule has 0 aromatic carbocycles. The molecule has 0 atom stereocenters. The van der Waals surface area contributed by atoms with Gasteiger partial charge in [0.15, 0.2) is 5.96 Å². The highest BCUT2D eigenvalue weighted by atomic mass is 15.1. The average Bonchev–Trinajstić information content (AvgIpc) is 2.72. The Morgan fingerprint density at radius 2 is 2.18 bits per heavy atom. The zero-order valence-electron chi connectivity index (χ0n) is 10.2. The highest BCUT2D eigenvalue weighted by Crippen LogP contribution is 2.16. The smallest absolute Gasteiger partial charge is 0.189 e. The molecule has 1 aliphatic rings. The fraction of sp³-hybridized carbons (Fsp3) is 0.667. The number of hydrogen-bond donors (Lipinski definition) is 3. The van der Waals surface area contributed by atoms with Crippen LogP contribution >= 0.6 is 0 Å². The average molecular weight is 235 g/mol.